The van der Waals surface area contributed by atoms with E-state index in [4.69, 9.17) is 3.07 Å². The van der Waals surface area contributed by atoms with Gasteiger partial charge in [-0.25, -0.2) is 0 Å². The van der Waals surface area contributed by atoms with Crippen molar-refractivity contribution >= 4 is 23.0 Å². The number of hydrogen-bond donors (Lipinski definition) is 0. The Morgan fingerprint density at radius 3 is 2.11 bits per heavy atom. The number of piperidine rings is 2. The highest BCUT2D eigenvalue weighted by Crippen LogP contribution is 2.43. The molecule has 3 fully saturated rings. The van der Waals surface area contributed by atoms with Crippen molar-refractivity contribution in [1.82, 2.24) is 9.80 Å². The summed E-state index contributed by atoms with van der Waals surface area (Å²) in [5.41, 5.74) is 0.700. The summed E-state index contributed by atoms with van der Waals surface area (Å²) in [6.45, 7) is 5.30. The number of likely N-dealkylation sites (tertiary alicyclic amines) is 2. The third kappa shape index (κ3) is 2.72. The normalized spacial score (nSPS) is 37.7. The molecule has 18 heavy (non-hydrogen) atoms. The summed E-state index contributed by atoms with van der Waals surface area (Å²) in [6.07, 6.45) is 8.80. The maximum atomic E-state index is 5.37. The van der Waals surface area contributed by atoms with Gasteiger partial charge in [0, 0.05) is 6.04 Å². The van der Waals surface area contributed by atoms with Crippen LogP contribution < -0.4 is 0 Å². The van der Waals surface area contributed by atoms with Gasteiger partial charge in [-0.1, -0.05) is 0 Å². The van der Waals surface area contributed by atoms with Crippen LogP contribution in [0.5, 0.6) is 0 Å². The van der Waals surface area contributed by atoms with Crippen molar-refractivity contribution in [3.8, 4) is 0 Å². The van der Waals surface area contributed by atoms with Crippen LogP contribution in [0.2, 0.25) is 0 Å². The summed E-state index contributed by atoms with van der Waals surface area (Å²) < 4.78 is 5.37. The predicted octanol–water partition coefficient (Wildman–Crippen LogP) is 2.69. The molecule has 1 spiro atoms. The second kappa shape index (κ2) is 5.54. The molecule has 0 bridgehead atoms. The number of halogens is 1. The summed E-state index contributed by atoms with van der Waals surface area (Å²) in [4.78, 5) is 5.22. The van der Waals surface area contributed by atoms with Crippen molar-refractivity contribution in [2.24, 2.45) is 5.41 Å². The van der Waals surface area contributed by atoms with E-state index in [1.54, 1.807) is 0 Å². The van der Waals surface area contributed by atoms with Crippen molar-refractivity contribution in [3.63, 3.8) is 0 Å². The Morgan fingerprint density at radius 1 is 1.00 bits per heavy atom. The van der Waals surface area contributed by atoms with Gasteiger partial charge >= 0.3 is 0 Å². The van der Waals surface area contributed by atoms with Crippen molar-refractivity contribution in [1.29, 1.82) is 0 Å². The molecule has 1 saturated carbocycles. The van der Waals surface area contributed by atoms with Gasteiger partial charge < -0.3 is 12.9 Å². The van der Waals surface area contributed by atoms with Crippen LogP contribution in [-0.4, -0.2) is 55.2 Å². The lowest BCUT2D eigenvalue weighted by Gasteiger charge is -2.50. The van der Waals surface area contributed by atoms with E-state index >= 15 is 0 Å². The van der Waals surface area contributed by atoms with Gasteiger partial charge in [0.1, 0.15) is 23.0 Å². The molecule has 2 aliphatic heterocycles. The van der Waals surface area contributed by atoms with E-state index in [0.29, 0.717) is 11.5 Å². The van der Waals surface area contributed by atoms with E-state index in [2.05, 4.69) is 39.9 Å². The minimum absolute atomic E-state index is 0.537. The largest absolute Gasteiger partial charge is 0.312 e. The van der Waals surface area contributed by atoms with E-state index in [-0.39, 0.29) is 0 Å². The van der Waals surface area contributed by atoms with Gasteiger partial charge in [0.2, 0.25) is 0 Å². The topological polar surface area (TPSA) is 15.7 Å². The number of hydrogen-bond acceptors (Lipinski definition) is 3. The predicted molar refractivity (Wildman–Crippen MR) is 81.9 cm³/mol. The molecule has 0 aromatic heterocycles. The molecule has 2 saturated heterocycles. The Kier molecular flexibility index (Phi) is 4.18. The minimum atomic E-state index is 0.537. The zero-order chi connectivity index (χ0) is 12.6. The van der Waals surface area contributed by atoms with Crippen molar-refractivity contribution in [3.05, 3.63) is 0 Å². The van der Waals surface area contributed by atoms with Crippen LogP contribution in [0.4, 0.5) is 0 Å². The van der Waals surface area contributed by atoms with Gasteiger partial charge in [0.25, 0.3) is 0 Å². The Bertz CT molecular complexity index is 276. The fourth-order valence-corrected chi connectivity index (χ4v) is 4.28. The highest BCUT2D eigenvalue weighted by molar-refractivity contribution is 14.1. The van der Waals surface area contributed by atoms with E-state index in [1.807, 2.05) is 0 Å². The second-order valence-electron chi connectivity index (χ2n) is 6.68. The lowest BCUT2D eigenvalue weighted by atomic mass is 9.70. The molecule has 0 aromatic rings. The third-order valence-corrected chi connectivity index (χ3v) is 6.34. The molecule has 3 aliphatic rings. The molecule has 0 N–H and O–H groups in total. The van der Waals surface area contributed by atoms with E-state index in [1.165, 1.54) is 64.7 Å². The van der Waals surface area contributed by atoms with Crippen LogP contribution in [-0.2, 0) is 3.07 Å². The highest BCUT2D eigenvalue weighted by Gasteiger charge is 2.41. The van der Waals surface area contributed by atoms with Crippen LogP contribution in [0.15, 0.2) is 0 Å². The van der Waals surface area contributed by atoms with E-state index in [0.717, 1.165) is 6.04 Å². The number of rotatable bonds is 2. The molecule has 3 rings (SSSR count). The molecule has 2 heterocycles. The number of nitrogens with zero attached hydrogens (tertiary/aromatic N) is 2. The van der Waals surface area contributed by atoms with E-state index in [9.17, 15) is 0 Å². The van der Waals surface area contributed by atoms with Crippen LogP contribution in [0.3, 0.4) is 0 Å². The van der Waals surface area contributed by atoms with Crippen molar-refractivity contribution < 1.29 is 3.07 Å². The van der Waals surface area contributed by atoms with Crippen molar-refractivity contribution in [2.45, 2.75) is 50.7 Å². The first kappa shape index (κ1) is 13.6. The Hall–Kier alpha value is 0.610. The maximum absolute atomic E-state index is 5.37. The Balaban J connectivity index is 1.47. The first-order chi connectivity index (χ1) is 8.71. The summed E-state index contributed by atoms with van der Waals surface area (Å²) >= 11 is 2.05. The molecule has 3 nitrogen and oxygen atoms in total. The first-order valence-corrected chi connectivity index (χ1v) is 8.29. The standard InChI is InChI=1S/C14H25IN2O/c1-16-6-2-14(3-7-16)4-8-17(9-5-14)12-10-13(11-12)18-15/h12-13H,2-11H2,1H3. The minimum Gasteiger partial charge on any atom is -0.312 e. The molecule has 104 valence electrons. The van der Waals surface area contributed by atoms with Crippen LogP contribution in [0, 0.1) is 5.41 Å². The molecule has 0 amide bonds. The van der Waals surface area contributed by atoms with Crippen LogP contribution in [0.1, 0.15) is 38.5 Å². The molecule has 1 aliphatic carbocycles. The maximum Gasteiger partial charge on any atom is 0.110 e. The molecule has 0 unspecified atom stereocenters. The summed E-state index contributed by atoms with van der Waals surface area (Å²) in [6, 6.07) is 0.827. The zero-order valence-corrected chi connectivity index (χ0v) is 13.6. The van der Waals surface area contributed by atoms with Gasteiger partial charge in [-0.15, -0.1) is 0 Å². The molecule has 4 heteroatoms. The quantitative estimate of drug-likeness (QED) is 0.701. The van der Waals surface area contributed by atoms with Gasteiger partial charge in [-0.2, -0.15) is 0 Å². The third-order valence-electron chi connectivity index (χ3n) is 5.62. The fourth-order valence-electron chi connectivity index (χ4n) is 3.87. The lowest BCUT2D eigenvalue weighted by molar-refractivity contribution is -0.0174. The average Bonchev–Trinajstić information content (AvgIpc) is 2.35. The fraction of sp³-hybridized carbons (Fsp3) is 1.00. The van der Waals surface area contributed by atoms with Crippen LogP contribution in [0.25, 0.3) is 0 Å². The van der Waals surface area contributed by atoms with Gasteiger partial charge in [-0.3, -0.25) is 0 Å². The summed E-state index contributed by atoms with van der Waals surface area (Å²) in [7, 11) is 2.26. The smallest absolute Gasteiger partial charge is 0.110 e. The molecule has 0 aromatic carbocycles. The van der Waals surface area contributed by atoms with Crippen molar-refractivity contribution in [2.75, 3.05) is 33.2 Å². The average molecular weight is 364 g/mol. The van der Waals surface area contributed by atoms with Crippen LogP contribution >= 0.6 is 23.0 Å². The molecule has 0 atom stereocenters. The molecular weight excluding hydrogens is 339 g/mol. The summed E-state index contributed by atoms with van der Waals surface area (Å²) in [5, 5.41) is 0. The Labute approximate surface area is 125 Å². The Morgan fingerprint density at radius 2 is 1.56 bits per heavy atom. The molecule has 0 radical (unpaired) electrons. The SMILES string of the molecule is CN1CCC2(CC1)CCN(C1CC(OI)C1)CC2. The second-order valence-corrected chi connectivity index (χ2v) is 7.18. The summed E-state index contributed by atoms with van der Waals surface area (Å²) in [5.74, 6) is 0. The van der Waals surface area contributed by atoms with Gasteiger partial charge in [0.05, 0.1) is 6.10 Å². The van der Waals surface area contributed by atoms with Gasteiger partial charge in [-0.05, 0) is 77.2 Å². The first-order valence-electron chi connectivity index (χ1n) is 7.41. The van der Waals surface area contributed by atoms with Gasteiger partial charge in [0.15, 0.2) is 0 Å². The van der Waals surface area contributed by atoms with E-state index < -0.39 is 0 Å². The lowest BCUT2D eigenvalue weighted by Crippen LogP contribution is -2.53. The highest BCUT2D eigenvalue weighted by atomic mass is 127. The molecular formula is C14H25IN2O. The monoisotopic (exact) mass is 364 g/mol. The zero-order valence-electron chi connectivity index (χ0n) is 11.4.